The lowest BCUT2D eigenvalue weighted by molar-refractivity contribution is 0.282. The van der Waals surface area contributed by atoms with Crippen LogP contribution < -0.4 is 0 Å². The van der Waals surface area contributed by atoms with Gasteiger partial charge in [-0.2, -0.15) is 0 Å². The molecule has 0 saturated heterocycles. The number of aliphatic hydroxyl groups excluding tert-OH is 1. The normalized spacial score (nSPS) is 11.8. The van der Waals surface area contributed by atoms with Crippen LogP contribution in [0, 0.1) is 13.8 Å². The fourth-order valence-corrected chi connectivity index (χ4v) is 6.75. The molecule has 6 rings (SSSR count). The second-order valence-electron chi connectivity index (χ2n) is 10.6. The third-order valence-corrected chi connectivity index (χ3v) is 8.63. The van der Waals surface area contributed by atoms with Gasteiger partial charge in [0, 0.05) is 21.2 Å². The molecule has 0 saturated carbocycles. The second kappa shape index (κ2) is 10.8. The van der Waals surface area contributed by atoms with Crippen LogP contribution in [0.15, 0.2) is 109 Å². The van der Waals surface area contributed by atoms with E-state index >= 15 is 0 Å². The van der Waals surface area contributed by atoms with Crippen LogP contribution in [0.3, 0.4) is 0 Å². The van der Waals surface area contributed by atoms with Crippen molar-refractivity contribution in [2.24, 2.45) is 0 Å². The molecule has 0 aliphatic heterocycles. The molecule has 5 aromatic carbocycles. The van der Waals surface area contributed by atoms with E-state index in [-0.39, 0.29) is 6.61 Å². The van der Waals surface area contributed by atoms with Gasteiger partial charge in [0.25, 0.3) is 0 Å². The van der Waals surface area contributed by atoms with Crippen LogP contribution in [-0.2, 0) is 12.1 Å². The first kappa shape index (κ1) is 27.3. The van der Waals surface area contributed by atoms with Crippen LogP contribution >= 0.6 is 23.2 Å². The monoisotopic (exact) mass is 576 g/mol. The van der Waals surface area contributed by atoms with E-state index in [1.165, 1.54) is 0 Å². The number of aryl methyl sites for hydroxylation is 2. The molecule has 6 aromatic rings. The third kappa shape index (κ3) is 4.74. The molecule has 0 fully saturated rings. The summed E-state index contributed by atoms with van der Waals surface area (Å²) in [5.74, 6) is 0.826. The molecule has 41 heavy (non-hydrogen) atoms. The molecule has 204 valence electrons. The Bertz CT molecular complexity index is 1790. The summed E-state index contributed by atoms with van der Waals surface area (Å²) < 4.78 is 2.21. The van der Waals surface area contributed by atoms with E-state index in [0.29, 0.717) is 10.0 Å². The summed E-state index contributed by atoms with van der Waals surface area (Å²) in [5.41, 5.74) is 8.90. The lowest BCUT2D eigenvalue weighted by atomic mass is 9.82. The largest absolute Gasteiger partial charge is 0.392 e. The summed E-state index contributed by atoms with van der Waals surface area (Å²) in [6.07, 6.45) is 0. The van der Waals surface area contributed by atoms with Crippen molar-refractivity contribution in [1.82, 2.24) is 9.55 Å². The van der Waals surface area contributed by atoms with E-state index in [0.717, 1.165) is 61.4 Å². The van der Waals surface area contributed by atoms with Gasteiger partial charge in [0.15, 0.2) is 0 Å². The van der Waals surface area contributed by atoms with E-state index in [1.807, 2.05) is 74.5 Å². The Labute approximate surface area is 250 Å². The summed E-state index contributed by atoms with van der Waals surface area (Å²) in [6, 6.07) is 36.9. The Kier molecular flexibility index (Phi) is 7.21. The number of benzene rings is 5. The highest BCUT2D eigenvalue weighted by atomic mass is 35.5. The molecule has 0 radical (unpaired) electrons. The molecular weight excluding hydrogens is 547 g/mol. The van der Waals surface area contributed by atoms with Crippen molar-refractivity contribution in [3.05, 3.63) is 147 Å². The number of imidazole rings is 1. The van der Waals surface area contributed by atoms with Gasteiger partial charge >= 0.3 is 0 Å². The number of rotatable bonds is 6. The van der Waals surface area contributed by atoms with Crippen molar-refractivity contribution in [1.29, 1.82) is 0 Å². The summed E-state index contributed by atoms with van der Waals surface area (Å²) >= 11 is 14.4. The molecule has 0 aliphatic rings. The molecule has 3 nitrogen and oxygen atoms in total. The minimum atomic E-state index is -0.821. The van der Waals surface area contributed by atoms with Crippen LogP contribution in [-0.4, -0.2) is 14.7 Å². The Balaban J connectivity index is 1.63. The topological polar surface area (TPSA) is 38.1 Å². The minimum absolute atomic E-state index is 0.0588. The highest BCUT2D eigenvalue weighted by Crippen LogP contribution is 2.45. The van der Waals surface area contributed by atoms with Gasteiger partial charge in [-0.25, -0.2) is 4.98 Å². The van der Waals surface area contributed by atoms with Crippen molar-refractivity contribution in [3.63, 3.8) is 0 Å². The number of hydrogen-bond donors (Lipinski definition) is 1. The van der Waals surface area contributed by atoms with Gasteiger partial charge in [0.2, 0.25) is 0 Å². The van der Waals surface area contributed by atoms with Crippen molar-refractivity contribution in [2.75, 3.05) is 0 Å². The average Bonchev–Trinajstić information content (AvgIpc) is 3.34. The molecule has 0 spiro atoms. The molecule has 0 amide bonds. The predicted octanol–water partition coefficient (Wildman–Crippen LogP) is 9.60. The van der Waals surface area contributed by atoms with Gasteiger partial charge in [-0.15, -0.1) is 0 Å². The minimum Gasteiger partial charge on any atom is -0.392 e. The lowest BCUT2D eigenvalue weighted by Crippen LogP contribution is -2.34. The zero-order valence-electron chi connectivity index (χ0n) is 23.2. The molecule has 1 heterocycles. The lowest BCUT2D eigenvalue weighted by Gasteiger charge is -2.36. The smallest absolute Gasteiger partial charge is 0.107 e. The van der Waals surface area contributed by atoms with Crippen molar-refractivity contribution in [2.45, 2.75) is 32.9 Å². The zero-order chi connectivity index (χ0) is 28.7. The molecular formula is C36H30Cl2N2O. The first-order chi connectivity index (χ1) is 19.8. The molecule has 0 atom stereocenters. The molecule has 0 aliphatic carbocycles. The van der Waals surface area contributed by atoms with Gasteiger partial charge in [-0.3, -0.25) is 0 Å². The van der Waals surface area contributed by atoms with Gasteiger partial charge in [0.1, 0.15) is 5.82 Å². The summed E-state index contributed by atoms with van der Waals surface area (Å²) in [5, 5.41) is 11.3. The Hall–Kier alpha value is -3.89. The fraction of sp³-hybridized carbons (Fsp3) is 0.139. The predicted molar refractivity (Wildman–Crippen MR) is 171 cm³/mol. The van der Waals surface area contributed by atoms with Gasteiger partial charge in [-0.1, -0.05) is 114 Å². The molecule has 1 N–H and O–H groups in total. The molecule has 0 unspecified atom stereocenters. The van der Waals surface area contributed by atoms with Crippen LogP contribution in [0.25, 0.3) is 33.3 Å². The highest BCUT2D eigenvalue weighted by Gasteiger charge is 2.38. The van der Waals surface area contributed by atoms with Gasteiger partial charge in [0.05, 0.1) is 23.2 Å². The quantitative estimate of drug-likeness (QED) is 0.214. The van der Waals surface area contributed by atoms with E-state index in [9.17, 15) is 5.11 Å². The van der Waals surface area contributed by atoms with E-state index in [2.05, 4.69) is 60.0 Å². The van der Waals surface area contributed by atoms with E-state index in [4.69, 9.17) is 28.2 Å². The van der Waals surface area contributed by atoms with Crippen LogP contribution in [0.2, 0.25) is 10.0 Å². The van der Waals surface area contributed by atoms with Crippen LogP contribution in [0.5, 0.6) is 0 Å². The zero-order valence-corrected chi connectivity index (χ0v) is 24.7. The number of hydrogen-bond acceptors (Lipinski definition) is 2. The first-order valence-electron chi connectivity index (χ1n) is 13.6. The number of aromatic nitrogens is 2. The SMILES string of the molecule is Cc1cc(CO)cc2c1nc(C)n2C(C)(c1ccc(-c2ccccc2)cc1Cl)c1ccc(-c2ccccc2)cc1Cl. The average molecular weight is 578 g/mol. The summed E-state index contributed by atoms with van der Waals surface area (Å²) in [7, 11) is 0. The Morgan fingerprint density at radius 1 is 0.683 bits per heavy atom. The maximum Gasteiger partial charge on any atom is 0.107 e. The molecule has 1 aromatic heterocycles. The van der Waals surface area contributed by atoms with Gasteiger partial charge < -0.3 is 9.67 Å². The van der Waals surface area contributed by atoms with Crippen molar-refractivity contribution in [3.8, 4) is 22.3 Å². The Morgan fingerprint density at radius 3 is 1.66 bits per heavy atom. The van der Waals surface area contributed by atoms with Gasteiger partial charge in [-0.05, 0) is 72.4 Å². The second-order valence-corrected chi connectivity index (χ2v) is 11.4. The van der Waals surface area contributed by atoms with Crippen molar-refractivity contribution < 1.29 is 5.11 Å². The summed E-state index contributed by atoms with van der Waals surface area (Å²) in [6.45, 7) is 6.12. The maximum absolute atomic E-state index is 10.0. The standard InChI is InChI=1S/C36H30Cl2N2O/c1-23-18-25(22-41)19-34-35(23)39-24(2)40(34)36(3,30-16-14-28(20-32(30)37)26-10-6-4-7-11-26)31-17-15-29(21-33(31)38)27-12-8-5-9-13-27/h4-21,41H,22H2,1-3H3. The van der Waals surface area contributed by atoms with E-state index in [1.54, 1.807) is 0 Å². The summed E-state index contributed by atoms with van der Waals surface area (Å²) in [4.78, 5) is 4.99. The number of halogens is 2. The number of aliphatic hydroxyl groups is 1. The van der Waals surface area contributed by atoms with Crippen LogP contribution in [0.1, 0.15) is 35.0 Å². The highest BCUT2D eigenvalue weighted by molar-refractivity contribution is 6.33. The first-order valence-corrected chi connectivity index (χ1v) is 14.4. The molecule has 5 heteroatoms. The molecule has 0 bridgehead atoms. The van der Waals surface area contributed by atoms with Crippen LogP contribution in [0.4, 0.5) is 0 Å². The maximum atomic E-state index is 10.0. The number of fused-ring (bicyclic) bond motifs is 1. The van der Waals surface area contributed by atoms with E-state index < -0.39 is 5.54 Å². The van der Waals surface area contributed by atoms with Crippen molar-refractivity contribution >= 4 is 34.2 Å². The number of nitrogens with zero attached hydrogens (tertiary/aromatic N) is 2. The third-order valence-electron chi connectivity index (χ3n) is 8.01. The fourth-order valence-electron chi connectivity index (χ4n) is 6.02. The Morgan fingerprint density at radius 2 is 1.20 bits per heavy atom.